The van der Waals surface area contributed by atoms with Gasteiger partial charge in [0.1, 0.15) is 23.8 Å². The first kappa shape index (κ1) is 24.4. The zero-order chi connectivity index (χ0) is 26.2. The van der Waals surface area contributed by atoms with Crippen molar-refractivity contribution in [3.63, 3.8) is 0 Å². The summed E-state index contributed by atoms with van der Waals surface area (Å²) in [6, 6.07) is 15.3. The highest BCUT2D eigenvalue weighted by molar-refractivity contribution is 6.18. The largest absolute Gasteiger partial charge is 0.497 e. The molecule has 0 aliphatic carbocycles. The van der Waals surface area contributed by atoms with Crippen LogP contribution in [0.1, 0.15) is 61.3 Å². The van der Waals surface area contributed by atoms with E-state index in [-0.39, 0.29) is 11.8 Å². The summed E-state index contributed by atoms with van der Waals surface area (Å²) >= 11 is 0. The molecule has 2 amide bonds. The lowest BCUT2D eigenvalue weighted by Crippen LogP contribution is -2.47. The number of benzene rings is 2. The molecule has 3 heterocycles. The summed E-state index contributed by atoms with van der Waals surface area (Å²) in [6.07, 6.45) is 5.17. The second-order valence-corrected chi connectivity index (χ2v) is 9.34. The van der Waals surface area contributed by atoms with E-state index in [0.29, 0.717) is 28.7 Å². The summed E-state index contributed by atoms with van der Waals surface area (Å²) in [6.45, 7) is 5.97. The van der Waals surface area contributed by atoms with Crippen molar-refractivity contribution >= 4 is 29.8 Å². The van der Waals surface area contributed by atoms with Crippen LogP contribution >= 0.6 is 0 Å². The van der Waals surface area contributed by atoms with E-state index in [4.69, 9.17) is 9.72 Å². The van der Waals surface area contributed by atoms with Gasteiger partial charge in [0.25, 0.3) is 0 Å². The average molecular weight is 499 g/mol. The number of urea groups is 1. The molecule has 0 bridgehead atoms. The minimum absolute atomic E-state index is 0.152. The molecule has 1 saturated heterocycles. The van der Waals surface area contributed by atoms with E-state index in [1.54, 1.807) is 44.6 Å². The second-order valence-electron chi connectivity index (χ2n) is 9.34. The minimum Gasteiger partial charge on any atom is -0.497 e. The highest BCUT2D eigenvalue weighted by Gasteiger charge is 2.57. The Morgan fingerprint density at radius 3 is 2.51 bits per heavy atom. The van der Waals surface area contributed by atoms with E-state index in [2.05, 4.69) is 29.1 Å². The maximum absolute atomic E-state index is 13.7. The molecule has 3 atom stereocenters. The maximum Gasteiger partial charge on any atom is 0.324 e. The monoisotopic (exact) mass is 498 g/mol. The summed E-state index contributed by atoms with van der Waals surface area (Å²) in [4.78, 5) is 42.6. The Kier molecular flexibility index (Phi) is 6.37. The summed E-state index contributed by atoms with van der Waals surface area (Å²) in [7, 11) is 1.60. The van der Waals surface area contributed by atoms with Crippen molar-refractivity contribution < 1.29 is 14.3 Å². The lowest BCUT2D eigenvalue weighted by Gasteiger charge is -2.30. The summed E-state index contributed by atoms with van der Waals surface area (Å²) < 4.78 is 7.39. The highest BCUT2D eigenvalue weighted by atomic mass is 16.5. The van der Waals surface area contributed by atoms with Crippen LogP contribution < -0.4 is 10.1 Å². The Balaban J connectivity index is 1.67. The van der Waals surface area contributed by atoms with Gasteiger partial charge in [-0.15, -0.1) is 0 Å². The van der Waals surface area contributed by atoms with Crippen LogP contribution in [0.2, 0.25) is 0 Å². The Bertz CT molecular complexity index is 1380. The van der Waals surface area contributed by atoms with Gasteiger partial charge < -0.3 is 14.6 Å². The van der Waals surface area contributed by atoms with Crippen LogP contribution in [0.15, 0.2) is 70.9 Å². The van der Waals surface area contributed by atoms with Crippen molar-refractivity contribution in [3.05, 3.63) is 77.7 Å². The predicted molar refractivity (Wildman–Crippen MR) is 142 cm³/mol. The number of ether oxygens (including phenoxy) is 1. The SMILES string of the molecule is CCCC(C)n1cnc2c1N=CN=C1N(C(C)C(=O)c3ccccc3)C(=O)NC12c1ccc(OC)cc1. The summed E-state index contributed by atoms with van der Waals surface area (Å²) in [5.74, 6) is 1.47. The van der Waals surface area contributed by atoms with Crippen molar-refractivity contribution in [3.8, 4) is 5.75 Å². The minimum atomic E-state index is -1.24. The Morgan fingerprint density at radius 1 is 1.11 bits per heavy atom. The first-order valence-electron chi connectivity index (χ1n) is 12.5. The number of aromatic nitrogens is 2. The normalized spacial score (nSPS) is 19.8. The number of amidine groups is 1. The van der Waals surface area contributed by atoms with E-state index < -0.39 is 17.6 Å². The zero-order valence-corrected chi connectivity index (χ0v) is 21.4. The molecule has 0 radical (unpaired) electrons. The molecule has 1 fully saturated rings. The second kappa shape index (κ2) is 9.65. The number of amides is 2. The fourth-order valence-corrected chi connectivity index (χ4v) is 5.14. The van der Waals surface area contributed by atoms with Gasteiger partial charge >= 0.3 is 6.03 Å². The Hall–Kier alpha value is -4.27. The van der Waals surface area contributed by atoms with Gasteiger partial charge in [-0.25, -0.2) is 19.8 Å². The number of nitrogens with zero attached hydrogens (tertiary/aromatic N) is 5. The molecule has 1 N–H and O–H groups in total. The molecule has 0 saturated carbocycles. The molecule has 3 aromatic rings. The summed E-state index contributed by atoms with van der Waals surface area (Å²) in [5.41, 5.74) is 0.578. The molecule has 2 aliphatic rings. The predicted octanol–water partition coefficient (Wildman–Crippen LogP) is 4.86. The zero-order valence-electron chi connectivity index (χ0n) is 21.4. The molecule has 2 aliphatic heterocycles. The molecule has 9 heteroatoms. The van der Waals surface area contributed by atoms with Crippen LogP contribution in [0.5, 0.6) is 5.75 Å². The standard InChI is InChI=1S/C28H30N6O3/c1-5-9-18(2)33-17-31-24-25(33)29-16-30-26-28(24,21-12-14-22(37-4)15-13-21)32-27(36)34(26)19(3)23(35)20-10-7-6-8-11-20/h6-8,10-19H,5,9H2,1-4H3,(H,32,36). The third-order valence-electron chi connectivity index (χ3n) is 7.09. The van der Waals surface area contributed by atoms with Crippen molar-refractivity contribution in [1.82, 2.24) is 19.8 Å². The van der Waals surface area contributed by atoms with Crippen LogP contribution in [0.25, 0.3) is 0 Å². The summed E-state index contributed by atoms with van der Waals surface area (Å²) in [5, 5.41) is 3.15. The van der Waals surface area contributed by atoms with Crippen LogP contribution in [0, 0.1) is 0 Å². The van der Waals surface area contributed by atoms with E-state index >= 15 is 0 Å². The van der Waals surface area contributed by atoms with Crippen molar-refractivity contribution in [2.24, 2.45) is 9.98 Å². The van der Waals surface area contributed by atoms with Gasteiger partial charge in [-0.3, -0.25) is 9.69 Å². The van der Waals surface area contributed by atoms with Crippen molar-refractivity contribution in [2.75, 3.05) is 7.11 Å². The van der Waals surface area contributed by atoms with Gasteiger partial charge in [0, 0.05) is 11.6 Å². The average Bonchev–Trinajstić information content (AvgIpc) is 3.43. The van der Waals surface area contributed by atoms with Crippen LogP contribution in [-0.4, -0.2) is 51.6 Å². The van der Waals surface area contributed by atoms with Crippen LogP contribution in [0.3, 0.4) is 0 Å². The van der Waals surface area contributed by atoms with Gasteiger partial charge in [0.2, 0.25) is 0 Å². The van der Waals surface area contributed by atoms with Crippen LogP contribution in [-0.2, 0) is 5.54 Å². The van der Waals surface area contributed by atoms with Gasteiger partial charge in [0.05, 0.1) is 13.4 Å². The fourth-order valence-electron chi connectivity index (χ4n) is 5.14. The topological polar surface area (TPSA) is 101 Å². The molecule has 1 aromatic heterocycles. The van der Waals surface area contributed by atoms with Crippen molar-refractivity contribution in [2.45, 2.75) is 51.2 Å². The van der Waals surface area contributed by atoms with Gasteiger partial charge in [-0.1, -0.05) is 55.8 Å². The number of aliphatic imine (C=N–C) groups is 2. The molecule has 5 rings (SSSR count). The number of nitrogens with one attached hydrogen (secondary N) is 1. The number of ketones is 1. The number of carbonyl (C=O) groups excluding carboxylic acids is 2. The number of rotatable bonds is 8. The number of hydrogen-bond acceptors (Lipinski definition) is 6. The number of carbonyl (C=O) groups is 2. The number of Topliss-reactive ketones (excluding diaryl/α,β-unsaturated/α-hetero) is 1. The smallest absolute Gasteiger partial charge is 0.324 e. The first-order valence-corrected chi connectivity index (χ1v) is 12.5. The first-order chi connectivity index (χ1) is 17.9. The number of fused-ring (bicyclic) bond motifs is 3. The third-order valence-corrected chi connectivity index (χ3v) is 7.09. The van der Waals surface area contributed by atoms with Gasteiger partial charge in [-0.2, -0.15) is 0 Å². The number of methoxy groups -OCH3 is 1. The van der Waals surface area contributed by atoms with Gasteiger partial charge in [-0.05, 0) is 38.0 Å². The lowest BCUT2D eigenvalue weighted by atomic mass is 9.85. The van der Waals surface area contributed by atoms with E-state index in [1.807, 2.05) is 34.9 Å². The molecular formula is C28H30N6O3. The van der Waals surface area contributed by atoms with Crippen molar-refractivity contribution in [1.29, 1.82) is 0 Å². The lowest BCUT2D eigenvalue weighted by molar-refractivity contribution is 0.0916. The highest BCUT2D eigenvalue weighted by Crippen LogP contribution is 2.43. The molecule has 37 heavy (non-hydrogen) atoms. The fraction of sp³-hybridized carbons (Fsp3) is 0.321. The third kappa shape index (κ3) is 3.91. The molecule has 2 aromatic carbocycles. The van der Waals surface area contributed by atoms with Crippen LogP contribution in [0.4, 0.5) is 10.6 Å². The Labute approximate surface area is 215 Å². The maximum atomic E-state index is 13.7. The number of imidazole rings is 1. The van der Waals surface area contributed by atoms with Gasteiger partial charge in [0.15, 0.2) is 23.0 Å². The quantitative estimate of drug-likeness (QED) is 0.448. The molecule has 3 unspecified atom stereocenters. The number of hydrogen-bond donors (Lipinski definition) is 1. The molecular weight excluding hydrogens is 468 g/mol. The van der Waals surface area contributed by atoms with E-state index in [0.717, 1.165) is 18.4 Å². The molecule has 0 spiro atoms. The molecule has 190 valence electrons. The molecule has 9 nitrogen and oxygen atoms in total. The van der Waals surface area contributed by atoms with E-state index in [9.17, 15) is 9.59 Å². The van der Waals surface area contributed by atoms with E-state index in [1.165, 1.54) is 11.2 Å². The Morgan fingerprint density at radius 2 is 1.84 bits per heavy atom.